The van der Waals surface area contributed by atoms with E-state index < -0.39 is 0 Å². The van der Waals surface area contributed by atoms with Crippen LogP contribution < -0.4 is 10.1 Å². The van der Waals surface area contributed by atoms with Gasteiger partial charge in [0.2, 0.25) is 0 Å². The highest BCUT2D eigenvalue weighted by Gasteiger charge is 2.13. The van der Waals surface area contributed by atoms with Gasteiger partial charge in [-0.3, -0.25) is 9.78 Å². The monoisotopic (exact) mass is 452 g/mol. The molecule has 0 saturated heterocycles. The van der Waals surface area contributed by atoms with Crippen LogP contribution in [0.2, 0.25) is 0 Å². The third kappa shape index (κ3) is 5.31. The lowest BCUT2D eigenvalue weighted by Crippen LogP contribution is -2.01. The molecule has 0 unspecified atom stereocenters. The van der Waals surface area contributed by atoms with Crippen LogP contribution in [0.25, 0.3) is 10.9 Å². The molecule has 31 heavy (non-hydrogen) atoms. The second-order valence-corrected chi connectivity index (χ2v) is 8.53. The minimum absolute atomic E-state index is 0.250. The molecule has 3 heterocycles. The lowest BCUT2D eigenvalue weighted by molar-refractivity contribution is -0.140. The van der Waals surface area contributed by atoms with E-state index >= 15 is 0 Å². The molecule has 0 aliphatic carbocycles. The van der Waals surface area contributed by atoms with Crippen molar-refractivity contribution >= 4 is 50.9 Å². The van der Waals surface area contributed by atoms with Gasteiger partial charge in [0.25, 0.3) is 0 Å². The molecule has 0 aliphatic rings. The standard InChI is InChI=1S/C22H20N4O3S2/c1-14-13-31-22(25-14)26-20-11-18(19(12-24-20)30-10-8-21(27)28-2)29-17-7-3-6-16-15(17)5-4-9-23-16/h3-7,9,11-13H,8,10H2,1-2H3,(H,24,25,26). The van der Waals surface area contributed by atoms with E-state index in [1.54, 1.807) is 12.4 Å². The van der Waals surface area contributed by atoms with Crippen molar-refractivity contribution < 1.29 is 14.3 Å². The van der Waals surface area contributed by atoms with Gasteiger partial charge in [0.1, 0.15) is 17.3 Å². The van der Waals surface area contributed by atoms with Gasteiger partial charge in [0, 0.05) is 35.0 Å². The van der Waals surface area contributed by atoms with Crippen LogP contribution in [0.1, 0.15) is 12.1 Å². The number of carbonyl (C=O) groups is 1. The Bertz CT molecular complexity index is 1210. The minimum Gasteiger partial charge on any atom is -0.469 e. The van der Waals surface area contributed by atoms with Crippen LogP contribution in [0, 0.1) is 6.92 Å². The minimum atomic E-state index is -0.250. The number of thiazole rings is 1. The van der Waals surface area contributed by atoms with E-state index in [4.69, 9.17) is 9.47 Å². The van der Waals surface area contributed by atoms with Gasteiger partial charge < -0.3 is 14.8 Å². The Morgan fingerprint density at radius 1 is 1.19 bits per heavy atom. The van der Waals surface area contributed by atoms with E-state index in [9.17, 15) is 4.79 Å². The Hall–Kier alpha value is -3.17. The molecule has 0 radical (unpaired) electrons. The van der Waals surface area contributed by atoms with Crippen molar-refractivity contribution in [3.63, 3.8) is 0 Å². The predicted octanol–water partition coefficient (Wildman–Crippen LogP) is 5.59. The summed E-state index contributed by atoms with van der Waals surface area (Å²) in [4.78, 5) is 25.6. The number of carbonyl (C=O) groups excluding carboxylic acids is 1. The summed E-state index contributed by atoms with van der Waals surface area (Å²) in [5.74, 6) is 2.26. The summed E-state index contributed by atoms with van der Waals surface area (Å²) in [6.07, 6.45) is 3.80. The van der Waals surface area contributed by atoms with Gasteiger partial charge in [-0.05, 0) is 31.2 Å². The third-order valence-electron chi connectivity index (χ3n) is 4.30. The number of thioether (sulfide) groups is 1. The highest BCUT2D eigenvalue weighted by Crippen LogP contribution is 2.37. The van der Waals surface area contributed by atoms with E-state index in [1.165, 1.54) is 30.2 Å². The Morgan fingerprint density at radius 3 is 2.90 bits per heavy atom. The largest absolute Gasteiger partial charge is 0.469 e. The molecule has 0 spiro atoms. The van der Waals surface area contributed by atoms with Crippen LogP contribution in [0.5, 0.6) is 11.5 Å². The number of ether oxygens (including phenoxy) is 2. The molecule has 4 aromatic rings. The van der Waals surface area contributed by atoms with E-state index in [2.05, 4.69) is 20.3 Å². The first-order chi connectivity index (χ1) is 15.1. The molecule has 3 aromatic heterocycles. The van der Waals surface area contributed by atoms with Gasteiger partial charge in [-0.2, -0.15) is 0 Å². The van der Waals surface area contributed by atoms with Gasteiger partial charge in [-0.1, -0.05) is 6.07 Å². The first-order valence-corrected chi connectivity index (χ1v) is 11.4. The lowest BCUT2D eigenvalue weighted by atomic mass is 10.2. The van der Waals surface area contributed by atoms with Gasteiger partial charge in [0.15, 0.2) is 5.13 Å². The van der Waals surface area contributed by atoms with Crippen molar-refractivity contribution in [2.75, 3.05) is 18.2 Å². The van der Waals surface area contributed by atoms with Crippen molar-refractivity contribution in [3.05, 3.63) is 59.9 Å². The molecule has 1 aromatic carbocycles. The molecule has 0 amide bonds. The number of hydrogen-bond donors (Lipinski definition) is 1. The molecule has 0 saturated carbocycles. The molecule has 7 nitrogen and oxygen atoms in total. The van der Waals surface area contributed by atoms with Crippen molar-refractivity contribution in [3.8, 4) is 11.5 Å². The molecule has 0 atom stereocenters. The quantitative estimate of drug-likeness (QED) is 0.274. The van der Waals surface area contributed by atoms with E-state index in [-0.39, 0.29) is 5.97 Å². The molecule has 158 valence electrons. The van der Waals surface area contributed by atoms with Crippen LogP contribution >= 0.6 is 23.1 Å². The molecular weight excluding hydrogens is 432 g/mol. The second-order valence-electron chi connectivity index (χ2n) is 6.54. The topological polar surface area (TPSA) is 86.2 Å². The molecule has 0 bridgehead atoms. The van der Waals surface area contributed by atoms with Gasteiger partial charge in [-0.15, -0.1) is 23.1 Å². The number of aryl methyl sites for hydroxylation is 1. The SMILES string of the molecule is COC(=O)CCSc1cnc(Nc2nc(C)cs2)cc1Oc1cccc2ncccc12. The van der Waals surface area contributed by atoms with Crippen LogP contribution in [0.4, 0.5) is 10.9 Å². The average molecular weight is 453 g/mol. The Morgan fingerprint density at radius 2 is 2.10 bits per heavy atom. The molecule has 0 fully saturated rings. The number of methoxy groups -OCH3 is 1. The first-order valence-electron chi connectivity index (χ1n) is 9.53. The summed E-state index contributed by atoms with van der Waals surface area (Å²) >= 11 is 3.00. The zero-order valence-electron chi connectivity index (χ0n) is 17.0. The summed E-state index contributed by atoms with van der Waals surface area (Å²) in [5.41, 5.74) is 1.80. The number of rotatable bonds is 8. The number of aromatic nitrogens is 3. The van der Waals surface area contributed by atoms with E-state index in [0.717, 1.165) is 26.6 Å². The summed E-state index contributed by atoms with van der Waals surface area (Å²) in [7, 11) is 1.39. The zero-order valence-corrected chi connectivity index (χ0v) is 18.6. The smallest absolute Gasteiger partial charge is 0.306 e. The summed E-state index contributed by atoms with van der Waals surface area (Å²) < 4.78 is 11.0. The number of pyridine rings is 2. The number of nitrogens with one attached hydrogen (secondary N) is 1. The van der Waals surface area contributed by atoms with Crippen LogP contribution in [0.3, 0.4) is 0 Å². The Balaban J connectivity index is 1.63. The highest BCUT2D eigenvalue weighted by atomic mass is 32.2. The molecular formula is C22H20N4O3S2. The fraction of sp³-hybridized carbons (Fsp3) is 0.182. The van der Waals surface area contributed by atoms with Crippen LogP contribution in [0.15, 0.2) is 59.1 Å². The van der Waals surface area contributed by atoms with Crippen molar-refractivity contribution in [2.45, 2.75) is 18.2 Å². The number of nitrogens with zero attached hydrogens (tertiary/aromatic N) is 3. The first kappa shape index (κ1) is 21.1. The fourth-order valence-electron chi connectivity index (χ4n) is 2.83. The highest BCUT2D eigenvalue weighted by molar-refractivity contribution is 7.99. The molecule has 9 heteroatoms. The maximum absolute atomic E-state index is 11.5. The predicted molar refractivity (Wildman–Crippen MR) is 124 cm³/mol. The Kier molecular flexibility index (Phi) is 6.63. The molecule has 4 rings (SSSR count). The lowest BCUT2D eigenvalue weighted by Gasteiger charge is -2.14. The summed E-state index contributed by atoms with van der Waals surface area (Å²) in [6, 6.07) is 11.5. The summed E-state index contributed by atoms with van der Waals surface area (Å²) in [6.45, 7) is 1.94. The van der Waals surface area contributed by atoms with Crippen molar-refractivity contribution in [2.24, 2.45) is 0 Å². The number of benzene rings is 1. The fourth-order valence-corrected chi connectivity index (χ4v) is 4.38. The van der Waals surface area contributed by atoms with Gasteiger partial charge in [-0.25, -0.2) is 9.97 Å². The maximum Gasteiger partial charge on any atom is 0.306 e. The van der Waals surface area contributed by atoms with Crippen molar-refractivity contribution in [1.29, 1.82) is 0 Å². The number of esters is 1. The van der Waals surface area contributed by atoms with E-state index in [1.807, 2.05) is 48.7 Å². The van der Waals surface area contributed by atoms with E-state index in [0.29, 0.717) is 29.5 Å². The van der Waals surface area contributed by atoms with Crippen LogP contribution in [-0.2, 0) is 9.53 Å². The number of anilines is 2. The molecule has 0 aliphatic heterocycles. The maximum atomic E-state index is 11.5. The number of hydrogen-bond acceptors (Lipinski definition) is 9. The molecule has 1 N–H and O–H groups in total. The third-order valence-corrected chi connectivity index (χ3v) is 6.20. The number of fused-ring (bicyclic) bond motifs is 1. The van der Waals surface area contributed by atoms with Crippen molar-refractivity contribution in [1.82, 2.24) is 15.0 Å². The van der Waals surface area contributed by atoms with Gasteiger partial charge >= 0.3 is 5.97 Å². The normalized spacial score (nSPS) is 10.8. The average Bonchev–Trinajstić information content (AvgIpc) is 3.19. The Labute approximate surface area is 187 Å². The zero-order chi connectivity index (χ0) is 21.6. The van der Waals surface area contributed by atoms with Gasteiger partial charge in [0.05, 0.1) is 29.6 Å². The van der Waals surface area contributed by atoms with Crippen LogP contribution in [-0.4, -0.2) is 33.8 Å². The second kappa shape index (κ2) is 9.76. The summed E-state index contributed by atoms with van der Waals surface area (Å²) in [5, 5.41) is 6.87.